The van der Waals surface area contributed by atoms with E-state index in [0.29, 0.717) is 6.61 Å². The van der Waals surface area contributed by atoms with Crippen molar-refractivity contribution in [1.29, 1.82) is 0 Å². The molecule has 2 heterocycles. The first kappa shape index (κ1) is 12.0. The Balaban J connectivity index is 0.000000461. The predicted molar refractivity (Wildman–Crippen MR) is 57.5 cm³/mol. The average Bonchev–Trinajstić information content (AvgIpc) is 2.73. The van der Waals surface area contributed by atoms with Crippen LogP contribution in [0.3, 0.4) is 0 Å². The maximum absolute atomic E-state index is 10.8. The third-order valence-electron chi connectivity index (χ3n) is 2.24. The summed E-state index contributed by atoms with van der Waals surface area (Å²) < 4.78 is 11.0. The molecule has 0 N–H and O–H groups in total. The lowest BCUT2D eigenvalue weighted by atomic mass is 10.2. The number of hydrogen-bond acceptors (Lipinski definition) is 4. The summed E-state index contributed by atoms with van der Waals surface area (Å²) in [6.07, 6.45) is 1.40. The van der Waals surface area contributed by atoms with Gasteiger partial charge in [0, 0.05) is 13.5 Å². The second-order valence-electron chi connectivity index (χ2n) is 3.14. The van der Waals surface area contributed by atoms with Gasteiger partial charge >= 0.3 is 0 Å². The van der Waals surface area contributed by atoms with E-state index in [1.165, 1.54) is 11.8 Å². The largest absolute Gasteiger partial charge is 0.374 e. The van der Waals surface area contributed by atoms with Gasteiger partial charge in [-0.3, -0.25) is 4.79 Å². The third kappa shape index (κ3) is 2.72. The predicted octanol–water partition coefficient (Wildman–Crippen LogP) is 1.85. The van der Waals surface area contributed by atoms with Gasteiger partial charge in [-0.2, -0.15) is 0 Å². The lowest BCUT2D eigenvalue weighted by Gasteiger charge is -2.12. The normalized spacial score (nSPS) is 34.6. The summed E-state index contributed by atoms with van der Waals surface area (Å²) in [5.74, 6) is 0. The Hall–Kier alpha value is -0.0600. The molecule has 0 unspecified atom stereocenters. The van der Waals surface area contributed by atoms with E-state index < -0.39 is 0 Å². The van der Waals surface area contributed by atoms with Crippen molar-refractivity contribution < 1.29 is 14.3 Å². The Morgan fingerprint density at radius 1 is 1.36 bits per heavy atom. The molecular weight excluding hydrogens is 200 g/mol. The fourth-order valence-corrected chi connectivity index (χ4v) is 2.71. The Bertz CT molecular complexity index is 196. The van der Waals surface area contributed by atoms with Crippen LogP contribution in [0, 0.1) is 0 Å². The molecule has 0 aromatic heterocycles. The first-order chi connectivity index (χ1) is 6.77. The van der Waals surface area contributed by atoms with E-state index in [1.54, 1.807) is 6.92 Å². The molecule has 2 fully saturated rings. The Morgan fingerprint density at radius 3 is 2.71 bits per heavy atom. The van der Waals surface area contributed by atoms with Crippen molar-refractivity contribution in [3.05, 3.63) is 0 Å². The molecule has 3 atom stereocenters. The molecule has 4 heteroatoms. The van der Waals surface area contributed by atoms with Crippen molar-refractivity contribution in [2.24, 2.45) is 0 Å². The topological polar surface area (TPSA) is 35.5 Å². The number of hydrogen-bond donors (Lipinski definition) is 0. The molecular formula is C10H18O3S. The number of carbonyl (C=O) groups excluding carboxylic acids is 1. The molecule has 2 aliphatic rings. The summed E-state index contributed by atoms with van der Waals surface area (Å²) in [7, 11) is 0. The van der Waals surface area contributed by atoms with Crippen LogP contribution in [0.4, 0.5) is 0 Å². The van der Waals surface area contributed by atoms with Crippen LogP contribution in [0.2, 0.25) is 0 Å². The van der Waals surface area contributed by atoms with Crippen LogP contribution >= 0.6 is 11.8 Å². The van der Waals surface area contributed by atoms with E-state index in [0.717, 1.165) is 13.0 Å². The van der Waals surface area contributed by atoms with Crippen LogP contribution in [-0.4, -0.2) is 35.8 Å². The quantitative estimate of drug-likeness (QED) is 0.673. The summed E-state index contributed by atoms with van der Waals surface area (Å²) in [6.45, 7) is 7.04. The van der Waals surface area contributed by atoms with Crippen molar-refractivity contribution >= 4 is 16.9 Å². The van der Waals surface area contributed by atoms with Gasteiger partial charge in [-0.05, 0) is 6.42 Å². The van der Waals surface area contributed by atoms with Gasteiger partial charge in [0.05, 0.1) is 24.1 Å². The highest BCUT2D eigenvalue weighted by atomic mass is 32.2. The lowest BCUT2D eigenvalue weighted by Crippen LogP contribution is -2.25. The number of rotatable bonds is 1. The minimum atomic E-state index is 0.153. The summed E-state index contributed by atoms with van der Waals surface area (Å²) in [4.78, 5) is 10.8. The van der Waals surface area contributed by atoms with Crippen molar-refractivity contribution in [3.8, 4) is 0 Å². The summed E-state index contributed by atoms with van der Waals surface area (Å²) in [6, 6.07) is 0. The molecule has 3 nitrogen and oxygen atoms in total. The van der Waals surface area contributed by atoms with Gasteiger partial charge in [0.1, 0.15) is 0 Å². The smallest absolute Gasteiger partial charge is 0.186 e. The molecule has 0 amide bonds. The van der Waals surface area contributed by atoms with Crippen LogP contribution in [-0.2, 0) is 14.3 Å². The van der Waals surface area contributed by atoms with Gasteiger partial charge in [-0.15, -0.1) is 0 Å². The maximum Gasteiger partial charge on any atom is 0.186 e. The fraction of sp³-hybridized carbons (Fsp3) is 0.900. The molecule has 0 saturated carbocycles. The van der Waals surface area contributed by atoms with Crippen LogP contribution < -0.4 is 0 Å². The van der Waals surface area contributed by atoms with Gasteiger partial charge in [0.25, 0.3) is 0 Å². The number of carbonyl (C=O) groups is 1. The van der Waals surface area contributed by atoms with E-state index in [-0.39, 0.29) is 22.6 Å². The highest BCUT2D eigenvalue weighted by Crippen LogP contribution is 2.33. The molecule has 0 spiro atoms. The molecule has 2 rings (SSSR count). The zero-order chi connectivity index (χ0) is 10.6. The van der Waals surface area contributed by atoms with Crippen molar-refractivity contribution in [2.75, 3.05) is 13.2 Å². The second-order valence-corrected chi connectivity index (χ2v) is 4.56. The number of ether oxygens (including phenoxy) is 2. The Morgan fingerprint density at radius 2 is 2.07 bits per heavy atom. The minimum absolute atomic E-state index is 0.153. The van der Waals surface area contributed by atoms with Crippen molar-refractivity contribution in [2.45, 2.75) is 44.6 Å². The second kappa shape index (κ2) is 5.73. The highest BCUT2D eigenvalue weighted by molar-refractivity contribution is 8.14. The first-order valence-corrected chi connectivity index (χ1v) is 6.06. The van der Waals surface area contributed by atoms with E-state index in [2.05, 4.69) is 0 Å². The zero-order valence-corrected chi connectivity index (χ0v) is 9.80. The molecule has 82 valence electrons. The standard InChI is InChI=1S/C8H12O3S.C2H6/c1-5(9)12-7-4-11-6-2-3-10-8(6)7;1-2/h6-8H,2-4H2,1H3;1-2H3/t6-,7+,8+;/m1./s1. The van der Waals surface area contributed by atoms with Crippen LogP contribution in [0.25, 0.3) is 0 Å². The molecule has 2 saturated heterocycles. The van der Waals surface area contributed by atoms with Gasteiger partial charge < -0.3 is 9.47 Å². The summed E-state index contributed by atoms with van der Waals surface area (Å²) >= 11 is 1.35. The SMILES string of the molecule is CC.CC(=O)S[C@H]1CO[C@@H]2CCO[C@H]12. The molecule has 0 aliphatic carbocycles. The van der Waals surface area contributed by atoms with Crippen LogP contribution in [0.1, 0.15) is 27.2 Å². The first-order valence-electron chi connectivity index (χ1n) is 5.18. The van der Waals surface area contributed by atoms with E-state index in [1.807, 2.05) is 13.8 Å². The number of fused-ring (bicyclic) bond motifs is 1. The van der Waals surface area contributed by atoms with Crippen molar-refractivity contribution in [3.63, 3.8) is 0 Å². The van der Waals surface area contributed by atoms with E-state index in [9.17, 15) is 4.79 Å². The summed E-state index contributed by atoms with van der Waals surface area (Å²) in [5.41, 5.74) is 0. The monoisotopic (exact) mass is 218 g/mol. The average molecular weight is 218 g/mol. The van der Waals surface area contributed by atoms with Gasteiger partial charge in [-0.25, -0.2) is 0 Å². The summed E-state index contributed by atoms with van der Waals surface area (Å²) in [5, 5.41) is 0.384. The fourth-order valence-electron chi connectivity index (χ4n) is 1.74. The Labute approximate surface area is 89.5 Å². The van der Waals surface area contributed by atoms with Crippen molar-refractivity contribution in [1.82, 2.24) is 0 Å². The molecule has 0 radical (unpaired) electrons. The lowest BCUT2D eigenvalue weighted by molar-refractivity contribution is -0.109. The third-order valence-corrected chi connectivity index (χ3v) is 3.28. The molecule has 0 aromatic rings. The molecule has 14 heavy (non-hydrogen) atoms. The zero-order valence-electron chi connectivity index (χ0n) is 8.99. The maximum atomic E-state index is 10.8. The molecule has 0 bridgehead atoms. The Kier molecular flexibility index (Phi) is 4.92. The highest BCUT2D eigenvalue weighted by Gasteiger charge is 2.42. The van der Waals surface area contributed by atoms with Crippen LogP contribution in [0.15, 0.2) is 0 Å². The molecule has 0 aromatic carbocycles. The molecule has 2 aliphatic heterocycles. The van der Waals surface area contributed by atoms with E-state index in [4.69, 9.17) is 9.47 Å². The minimum Gasteiger partial charge on any atom is -0.374 e. The number of thioether (sulfide) groups is 1. The van der Waals surface area contributed by atoms with Gasteiger partial charge in [0.2, 0.25) is 0 Å². The van der Waals surface area contributed by atoms with Gasteiger partial charge in [0.15, 0.2) is 5.12 Å². The van der Waals surface area contributed by atoms with Crippen LogP contribution in [0.5, 0.6) is 0 Å². The van der Waals surface area contributed by atoms with E-state index >= 15 is 0 Å². The van der Waals surface area contributed by atoms with Gasteiger partial charge in [-0.1, -0.05) is 25.6 Å².